The summed E-state index contributed by atoms with van der Waals surface area (Å²) >= 11 is 0. The number of aliphatic carboxylic acids is 1. The van der Waals surface area contributed by atoms with Gasteiger partial charge in [-0.15, -0.1) is 0 Å². The Labute approximate surface area is 122 Å². The minimum atomic E-state index is -1.01. The molecule has 21 heavy (non-hydrogen) atoms. The van der Waals surface area contributed by atoms with Crippen LogP contribution in [0.5, 0.6) is 5.75 Å². The SMILES string of the molecule is O=C(O)[C@@H](Oc1ccc2ccccc2c1)c1ccccc1. The van der Waals surface area contributed by atoms with Crippen molar-refractivity contribution in [1.82, 2.24) is 0 Å². The van der Waals surface area contributed by atoms with Crippen molar-refractivity contribution in [2.45, 2.75) is 6.10 Å². The highest BCUT2D eigenvalue weighted by atomic mass is 16.5. The molecule has 1 atom stereocenters. The third-order valence-electron chi connectivity index (χ3n) is 3.30. The molecule has 0 aromatic heterocycles. The van der Waals surface area contributed by atoms with Gasteiger partial charge in [0.15, 0.2) is 0 Å². The lowest BCUT2D eigenvalue weighted by Crippen LogP contribution is -2.18. The van der Waals surface area contributed by atoms with Crippen molar-refractivity contribution < 1.29 is 14.6 Å². The molecular formula is C18H14O3. The molecule has 3 rings (SSSR count). The molecule has 104 valence electrons. The highest BCUT2D eigenvalue weighted by Crippen LogP contribution is 2.26. The molecule has 0 unspecified atom stereocenters. The molecule has 0 aliphatic carbocycles. The van der Waals surface area contributed by atoms with Gasteiger partial charge in [0.25, 0.3) is 0 Å². The molecule has 3 heteroatoms. The van der Waals surface area contributed by atoms with E-state index < -0.39 is 12.1 Å². The molecule has 0 radical (unpaired) electrons. The maximum atomic E-state index is 11.4. The van der Waals surface area contributed by atoms with Gasteiger partial charge in [-0.1, -0.05) is 60.7 Å². The van der Waals surface area contributed by atoms with Crippen LogP contribution in [0.4, 0.5) is 0 Å². The van der Waals surface area contributed by atoms with Crippen LogP contribution in [-0.2, 0) is 4.79 Å². The molecule has 3 nitrogen and oxygen atoms in total. The summed E-state index contributed by atoms with van der Waals surface area (Å²) in [5.74, 6) is -0.459. The minimum absolute atomic E-state index is 0.546. The van der Waals surface area contributed by atoms with E-state index in [1.54, 1.807) is 30.3 Å². The number of hydrogen-bond donors (Lipinski definition) is 1. The van der Waals surface area contributed by atoms with Gasteiger partial charge in [0.2, 0.25) is 6.10 Å². The molecule has 0 saturated heterocycles. The lowest BCUT2D eigenvalue weighted by Gasteiger charge is -2.15. The molecule has 3 aromatic rings. The van der Waals surface area contributed by atoms with Gasteiger partial charge in [-0.25, -0.2) is 4.79 Å². The third kappa shape index (κ3) is 2.87. The zero-order valence-corrected chi connectivity index (χ0v) is 11.3. The summed E-state index contributed by atoms with van der Waals surface area (Å²) < 4.78 is 5.67. The van der Waals surface area contributed by atoms with E-state index in [-0.39, 0.29) is 0 Å². The Morgan fingerprint density at radius 2 is 1.52 bits per heavy atom. The van der Waals surface area contributed by atoms with Crippen molar-refractivity contribution in [2.24, 2.45) is 0 Å². The lowest BCUT2D eigenvalue weighted by atomic mass is 10.1. The van der Waals surface area contributed by atoms with Crippen LogP contribution < -0.4 is 4.74 Å². The van der Waals surface area contributed by atoms with Crippen molar-refractivity contribution in [3.05, 3.63) is 78.4 Å². The predicted molar refractivity (Wildman–Crippen MR) is 81.4 cm³/mol. The van der Waals surface area contributed by atoms with Crippen LogP contribution in [0.3, 0.4) is 0 Å². The molecule has 1 N–H and O–H groups in total. The Morgan fingerprint density at radius 1 is 0.857 bits per heavy atom. The third-order valence-corrected chi connectivity index (χ3v) is 3.30. The van der Waals surface area contributed by atoms with E-state index in [1.165, 1.54) is 0 Å². The van der Waals surface area contributed by atoms with Gasteiger partial charge in [0.05, 0.1) is 0 Å². The number of rotatable bonds is 4. The number of carboxylic acids is 1. The second kappa shape index (κ2) is 5.67. The quantitative estimate of drug-likeness (QED) is 0.783. The molecule has 0 amide bonds. The van der Waals surface area contributed by atoms with E-state index in [0.29, 0.717) is 11.3 Å². The van der Waals surface area contributed by atoms with Crippen LogP contribution in [0.2, 0.25) is 0 Å². The lowest BCUT2D eigenvalue weighted by molar-refractivity contribution is -0.145. The van der Waals surface area contributed by atoms with Crippen molar-refractivity contribution in [3.8, 4) is 5.75 Å². The first kappa shape index (κ1) is 13.2. The summed E-state index contributed by atoms with van der Waals surface area (Å²) in [6.07, 6.45) is -1.01. The number of ether oxygens (including phenoxy) is 1. The van der Waals surface area contributed by atoms with Gasteiger partial charge < -0.3 is 9.84 Å². The second-order valence-electron chi connectivity index (χ2n) is 4.76. The van der Waals surface area contributed by atoms with Crippen molar-refractivity contribution in [3.63, 3.8) is 0 Å². The topological polar surface area (TPSA) is 46.5 Å². The van der Waals surface area contributed by atoms with E-state index >= 15 is 0 Å². The maximum Gasteiger partial charge on any atom is 0.349 e. The van der Waals surface area contributed by atoms with E-state index in [1.807, 2.05) is 42.5 Å². The predicted octanol–water partition coefficient (Wildman–Crippen LogP) is 4.04. The molecule has 0 fully saturated rings. The van der Waals surface area contributed by atoms with Crippen LogP contribution in [0.15, 0.2) is 72.8 Å². The van der Waals surface area contributed by atoms with Gasteiger partial charge in [-0.05, 0) is 22.9 Å². The molecule has 3 aromatic carbocycles. The van der Waals surface area contributed by atoms with E-state index in [4.69, 9.17) is 4.74 Å². The van der Waals surface area contributed by atoms with Crippen molar-refractivity contribution in [2.75, 3.05) is 0 Å². The summed E-state index contributed by atoms with van der Waals surface area (Å²) in [6.45, 7) is 0. The van der Waals surface area contributed by atoms with Gasteiger partial charge in [0, 0.05) is 5.56 Å². The first-order chi connectivity index (χ1) is 10.2. The van der Waals surface area contributed by atoms with Crippen LogP contribution in [0, 0.1) is 0 Å². The summed E-state index contributed by atoms with van der Waals surface area (Å²) in [4.78, 5) is 11.4. The zero-order valence-electron chi connectivity index (χ0n) is 11.3. The maximum absolute atomic E-state index is 11.4. The zero-order chi connectivity index (χ0) is 14.7. The Hall–Kier alpha value is -2.81. The van der Waals surface area contributed by atoms with Gasteiger partial charge >= 0.3 is 5.97 Å². The van der Waals surface area contributed by atoms with Gasteiger partial charge in [-0.2, -0.15) is 0 Å². The fourth-order valence-corrected chi connectivity index (χ4v) is 2.27. The van der Waals surface area contributed by atoms with Gasteiger partial charge in [0.1, 0.15) is 5.75 Å². The molecule has 0 aliphatic rings. The summed E-state index contributed by atoms with van der Waals surface area (Å²) in [5, 5.41) is 11.5. The Bertz CT molecular complexity index is 766. The number of carbonyl (C=O) groups is 1. The minimum Gasteiger partial charge on any atom is -0.478 e. The first-order valence-corrected chi connectivity index (χ1v) is 6.67. The van der Waals surface area contributed by atoms with Crippen LogP contribution in [0.1, 0.15) is 11.7 Å². The average molecular weight is 278 g/mol. The number of hydrogen-bond acceptors (Lipinski definition) is 2. The van der Waals surface area contributed by atoms with Crippen LogP contribution in [-0.4, -0.2) is 11.1 Å². The fourth-order valence-electron chi connectivity index (χ4n) is 2.27. The van der Waals surface area contributed by atoms with E-state index in [0.717, 1.165) is 10.8 Å². The summed E-state index contributed by atoms with van der Waals surface area (Å²) in [7, 11) is 0. The van der Waals surface area contributed by atoms with Gasteiger partial charge in [-0.3, -0.25) is 0 Å². The van der Waals surface area contributed by atoms with Crippen molar-refractivity contribution in [1.29, 1.82) is 0 Å². The molecule has 0 saturated carbocycles. The summed E-state index contributed by atoms with van der Waals surface area (Å²) in [5.41, 5.74) is 0.623. The van der Waals surface area contributed by atoms with Crippen LogP contribution in [0.25, 0.3) is 10.8 Å². The van der Waals surface area contributed by atoms with E-state index in [2.05, 4.69) is 0 Å². The number of fused-ring (bicyclic) bond motifs is 1. The fraction of sp³-hybridized carbons (Fsp3) is 0.0556. The standard InChI is InChI=1S/C18H14O3/c19-18(20)17(14-7-2-1-3-8-14)21-16-11-10-13-6-4-5-9-15(13)12-16/h1-12,17H,(H,19,20)/t17-/m0/s1. The Balaban J connectivity index is 1.93. The molecular weight excluding hydrogens is 264 g/mol. The van der Waals surface area contributed by atoms with E-state index in [9.17, 15) is 9.90 Å². The Morgan fingerprint density at radius 3 is 2.24 bits per heavy atom. The molecule has 0 spiro atoms. The monoisotopic (exact) mass is 278 g/mol. The molecule has 0 bridgehead atoms. The largest absolute Gasteiger partial charge is 0.478 e. The number of carboxylic acid groups (broad SMARTS) is 1. The normalized spacial score (nSPS) is 12.0. The highest BCUT2D eigenvalue weighted by molar-refractivity contribution is 5.84. The second-order valence-corrected chi connectivity index (χ2v) is 4.76. The summed E-state index contributed by atoms with van der Waals surface area (Å²) in [6, 6.07) is 22.4. The Kier molecular flexibility index (Phi) is 3.56. The van der Waals surface area contributed by atoms with Crippen LogP contribution >= 0.6 is 0 Å². The average Bonchev–Trinajstić information content (AvgIpc) is 2.53. The molecule has 0 aliphatic heterocycles. The van der Waals surface area contributed by atoms with Crippen molar-refractivity contribution >= 4 is 16.7 Å². The first-order valence-electron chi connectivity index (χ1n) is 6.67. The number of benzene rings is 3. The highest BCUT2D eigenvalue weighted by Gasteiger charge is 2.21. The molecule has 0 heterocycles. The smallest absolute Gasteiger partial charge is 0.349 e.